The normalized spacial score (nSPS) is 46.7. The van der Waals surface area contributed by atoms with Gasteiger partial charge in [0.2, 0.25) is 0 Å². The lowest BCUT2D eigenvalue weighted by molar-refractivity contribution is -0.0350. The van der Waals surface area contributed by atoms with Crippen molar-refractivity contribution in [3.8, 4) is 6.07 Å². The molecule has 0 saturated heterocycles. The topological polar surface area (TPSA) is 35.8 Å². The lowest BCUT2D eigenvalue weighted by Crippen LogP contribution is -2.48. The van der Waals surface area contributed by atoms with Gasteiger partial charge in [-0.2, -0.15) is 5.26 Å². The molecule has 0 aromatic heterocycles. The maximum Gasteiger partial charge on any atom is 0.0841 e. The Morgan fingerprint density at radius 1 is 1.00 bits per heavy atom. The van der Waals surface area contributed by atoms with Crippen LogP contribution in [-0.2, 0) is 0 Å². The van der Waals surface area contributed by atoms with E-state index >= 15 is 0 Å². The summed E-state index contributed by atoms with van der Waals surface area (Å²) in [4.78, 5) is 0. The predicted octanol–water partition coefficient (Wildman–Crippen LogP) is 2.17. The Morgan fingerprint density at radius 3 is 2.13 bits per heavy atom. The van der Waals surface area contributed by atoms with E-state index in [1.165, 1.54) is 32.1 Å². The number of nitrogens with one attached hydrogen (secondary N) is 1. The first kappa shape index (κ1) is 9.66. The van der Waals surface area contributed by atoms with Gasteiger partial charge in [0, 0.05) is 0 Å². The number of hydrogen-bond acceptors (Lipinski definition) is 2. The van der Waals surface area contributed by atoms with Crippen LogP contribution < -0.4 is 5.32 Å². The van der Waals surface area contributed by atoms with Crippen LogP contribution in [0.3, 0.4) is 0 Å². The molecule has 15 heavy (non-hydrogen) atoms. The summed E-state index contributed by atoms with van der Waals surface area (Å²) < 4.78 is 0. The monoisotopic (exact) mass is 204 g/mol. The van der Waals surface area contributed by atoms with E-state index in [0.29, 0.717) is 6.54 Å². The van der Waals surface area contributed by atoms with Crippen LogP contribution in [0, 0.1) is 40.9 Å². The van der Waals surface area contributed by atoms with Crippen LogP contribution in [-0.4, -0.2) is 13.1 Å². The van der Waals surface area contributed by atoms with Crippen molar-refractivity contribution in [1.29, 1.82) is 5.26 Å². The molecule has 1 N–H and O–H groups in total. The van der Waals surface area contributed by atoms with E-state index < -0.39 is 0 Å². The average molecular weight is 204 g/mol. The van der Waals surface area contributed by atoms with Crippen molar-refractivity contribution < 1.29 is 0 Å². The second kappa shape index (κ2) is 3.79. The van der Waals surface area contributed by atoms with Gasteiger partial charge in [-0.3, -0.25) is 0 Å². The largest absolute Gasteiger partial charge is 0.304 e. The maximum absolute atomic E-state index is 8.54. The summed E-state index contributed by atoms with van der Waals surface area (Å²) in [6, 6.07) is 2.18. The summed E-state index contributed by atoms with van der Waals surface area (Å²) in [5.41, 5.74) is 0. The van der Waals surface area contributed by atoms with Crippen LogP contribution in [0.25, 0.3) is 0 Å². The van der Waals surface area contributed by atoms with Crippen molar-refractivity contribution in [1.82, 2.24) is 5.32 Å². The molecule has 4 aliphatic carbocycles. The van der Waals surface area contributed by atoms with Crippen molar-refractivity contribution in [2.24, 2.45) is 29.6 Å². The lowest BCUT2D eigenvalue weighted by Gasteiger charge is -2.54. The fraction of sp³-hybridized carbons (Fsp3) is 0.923. The van der Waals surface area contributed by atoms with Gasteiger partial charge in [-0.15, -0.1) is 0 Å². The van der Waals surface area contributed by atoms with Gasteiger partial charge in [0.15, 0.2) is 0 Å². The molecule has 0 radical (unpaired) electrons. The Morgan fingerprint density at radius 2 is 1.60 bits per heavy atom. The molecule has 0 aromatic rings. The summed E-state index contributed by atoms with van der Waals surface area (Å²) in [5.74, 6) is 5.02. The number of rotatable bonds is 3. The first-order valence-electron chi connectivity index (χ1n) is 6.44. The first-order valence-corrected chi connectivity index (χ1v) is 6.44. The van der Waals surface area contributed by atoms with Crippen LogP contribution in [0.2, 0.25) is 0 Å². The predicted molar refractivity (Wildman–Crippen MR) is 59.0 cm³/mol. The molecule has 0 atom stereocenters. The highest BCUT2D eigenvalue weighted by Gasteiger charge is 2.47. The van der Waals surface area contributed by atoms with Gasteiger partial charge in [-0.1, -0.05) is 0 Å². The van der Waals surface area contributed by atoms with Gasteiger partial charge in [-0.25, -0.2) is 0 Å². The van der Waals surface area contributed by atoms with E-state index in [1.54, 1.807) is 0 Å². The lowest BCUT2D eigenvalue weighted by atomic mass is 9.52. The molecular formula is C13H20N2. The van der Waals surface area contributed by atoms with E-state index in [4.69, 9.17) is 5.26 Å². The molecule has 0 aliphatic heterocycles. The molecule has 2 nitrogen and oxygen atoms in total. The molecule has 4 saturated carbocycles. The molecule has 0 aromatic carbocycles. The second-order valence-corrected chi connectivity index (χ2v) is 5.88. The molecule has 0 spiro atoms. The molecule has 4 fully saturated rings. The Hall–Kier alpha value is -0.550. The summed E-state index contributed by atoms with van der Waals surface area (Å²) in [6.07, 6.45) is 7.50. The SMILES string of the molecule is N#CCNCC1C2CC3CC(C2)CC1C3. The van der Waals surface area contributed by atoms with Crippen molar-refractivity contribution in [3.63, 3.8) is 0 Å². The molecule has 0 amide bonds. The van der Waals surface area contributed by atoms with Crippen molar-refractivity contribution in [2.45, 2.75) is 32.1 Å². The van der Waals surface area contributed by atoms with Gasteiger partial charge in [0.1, 0.15) is 0 Å². The molecule has 4 rings (SSSR count). The molecule has 4 bridgehead atoms. The average Bonchev–Trinajstić information content (AvgIpc) is 2.21. The highest BCUT2D eigenvalue weighted by molar-refractivity contribution is 4.98. The van der Waals surface area contributed by atoms with Crippen molar-refractivity contribution >= 4 is 0 Å². The number of nitrogens with zero attached hydrogens (tertiary/aromatic N) is 1. The van der Waals surface area contributed by atoms with Gasteiger partial charge < -0.3 is 5.32 Å². The highest BCUT2D eigenvalue weighted by atomic mass is 14.9. The fourth-order valence-electron chi connectivity index (χ4n) is 4.67. The minimum Gasteiger partial charge on any atom is -0.304 e. The minimum absolute atomic E-state index is 0.531. The van der Waals surface area contributed by atoms with E-state index in [1.807, 2.05) is 0 Å². The number of nitriles is 1. The van der Waals surface area contributed by atoms with Crippen LogP contribution in [0.1, 0.15) is 32.1 Å². The molecule has 82 valence electrons. The molecule has 4 aliphatic rings. The molecule has 2 heteroatoms. The van der Waals surface area contributed by atoms with E-state index in [-0.39, 0.29) is 0 Å². The van der Waals surface area contributed by atoms with Crippen LogP contribution in [0.4, 0.5) is 0 Å². The second-order valence-electron chi connectivity index (χ2n) is 5.88. The first-order chi connectivity index (χ1) is 7.36. The Kier molecular flexibility index (Phi) is 2.44. The minimum atomic E-state index is 0.531. The zero-order valence-corrected chi connectivity index (χ0v) is 9.28. The third kappa shape index (κ3) is 1.67. The summed E-state index contributed by atoms with van der Waals surface area (Å²) in [7, 11) is 0. The third-order valence-electron chi connectivity index (χ3n) is 5.01. The zero-order chi connectivity index (χ0) is 10.3. The Labute approximate surface area is 92.0 Å². The standard InChI is InChI=1S/C13H20N2/c14-1-2-15-8-13-11-4-9-3-10(6-11)7-12(13)5-9/h9-13,15H,2-8H2. The third-order valence-corrected chi connectivity index (χ3v) is 5.01. The summed E-state index contributed by atoms with van der Waals surface area (Å²) >= 11 is 0. The molecule has 0 unspecified atom stereocenters. The smallest absolute Gasteiger partial charge is 0.0841 e. The number of hydrogen-bond donors (Lipinski definition) is 1. The zero-order valence-electron chi connectivity index (χ0n) is 9.28. The summed E-state index contributed by atoms with van der Waals surface area (Å²) in [5, 5.41) is 11.8. The van der Waals surface area contributed by atoms with E-state index in [9.17, 15) is 0 Å². The Bertz CT molecular complexity index is 251. The van der Waals surface area contributed by atoms with Crippen molar-refractivity contribution in [3.05, 3.63) is 0 Å². The van der Waals surface area contributed by atoms with E-state index in [2.05, 4.69) is 11.4 Å². The van der Waals surface area contributed by atoms with Gasteiger partial charge in [0.25, 0.3) is 0 Å². The van der Waals surface area contributed by atoms with Crippen LogP contribution >= 0.6 is 0 Å². The Balaban J connectivity index is 1.63. The van der Waals surface area contributed by atoms with Crippen molar-refractivity contribution in [2.75, 3.05) is 13.1 Å². The highest BCUT2D eigenvalue weighted by Crippen LogP contribution is 2.56. The molecule has 0 heterocycles. The molecular weight excluding hydrogens is 184 g/mol. The summed E-state index contributed by atoms with van der Waals surface area (Å²) in [6.45, 7) is 1.63. The quantitative estimate of drug-likeness (QED) is 0.565. The van der Waals surface area contributed by atoms with Crippen LogP contribution in [0.15, 0.2) is 0 Å². The van der Waals surface area contributed by atoms with E-state index in [0.717, 1.165) is 36.1 Å². The maximum atomic E-state index is 8.54. The van der Waals surface area contributed by atoms with Gasteiger partial charge >= 0.3 is 0 Å². The van der Waals surface area contributed by atoms with Gasteiger partial charge in [-0.05, 0) is 68.2 Å². The fourth-order valence-corrected chi connectivity index (χ4v) is 4.67. The van der Waals surface area contributed by atoms with Gasteiger partial charge in [0.05, 0.1) is 12.6 Å². The van der Waals surface area contributed by atoms with Crippen LogP contribution in [0.5, 0.6) is 0 Å².